The van der Waals surface area contributed by atoms with Crippen LogP contribution in [0.25, 0.3) is 0 Å². The van der Waals surface area contributed by atoms with Crippen molar-refractivity contribution in [1.82, 2.24) is 10.6 Å². The lowest BCUT2D eigenvalue weighted by Crippen LogP contribution is -2.37. The molecule has 2 N–H and O–H groups in total. The van der Waals surface area contributed by atoms with Gasteiger partial charge in [0.15, 0.2) is 0 Å². The number of hydrogen-bond donors (Lipinski definition) is 2. The minimum atomic E-state index is 0. The Labute approximate surface area is 114 Å². The molecule has 18 heavy (non-hydrogen) atoms. The highest BCUT2D eigenvalue weighted by atomic mass is 35.5. The molecule has 1 aliphatic rings. The number of methoxy groups -OCH3 is 1. The van der Waals surface area contributed by atoms with E-state index in [-0.39, 0.29) is 24.4 Å². The van der Waals surface area contributed by atoms with Crippen molar-refractivity contribution >= 4 is 18.3 Å². The summed E-state index contributed by atoms with van der Waals surface area (Å²) in [6.45, 7) is 1.86. The smallest absolute Gasteiger partial charge is 0.224 e. The number of rotatable bonds is 4. The van der Waals surface area contributed by atoms with Crippen molar-refractivity contribution in [3.8, 4) is 5.75 Å². The maximum absolute atomic E-state index is 11.8. The zero-order valence-electron chi connectivity index (χ0n) is 10.4. The van der Waals surface area contributed by atoms with Crippen molar-refractivity contribution in [3.63, 3.8) is 0 Å². The van der Waals surface area contributed by atoms with Gasteiger partial charge in [0.25, 0.3) is 0 Å². The lowest BCUT2D eigenvalue weighted by Gasteiger charge is -2.12. The van der Waals surface area contributed by atoms with E-state index in [4.69, 9.17) is 4.74 Å². The van der Waals surface area contributed by atoms with Crippen molar-refractivity contribution in [1.29, 1.82) is 0 Å². The van der Waals surface area contributed by atoms with E-state index in [0.29, 0.717) is 6.42 Å². The highest BCUT2D eigenvalue weighted by Gasteiger charge is 2.17. The van der Waals surface area contributed by atoms with Gasteiger partial charge in [-0.05, 0) is 19.0 Å². The summed E-state index contributed by atoms with van der Waals surface area (Å²) in [5, 5.41) is 6.25. The van der Waals surface area contributed by atoms with Crippen molar-refractivity contribution in [2.45, 2.75) is 18.9 Å². The molecule has 1 saturated heterocycles. The van der Waals surface area contributed by atoms with Crippen molar-refractivity contribution < 1.29 is 9.53 Å². The molecule has 1 amide bonds. The number of nitrogens with one attached hydrogen (secondary N) is 2. The molecule has 5 heteroatoms. The quantitative estimate of drug-likeness (QED) is 0.863. The number of ether oxygens (including phenoxy) is 1. The predicted molar refractivity (Wildman–Crippen MR) is 73.4 cm³/mol. The Kier molecular flexibility index (Phi) is 5.95. The zero-order valence-corrected chi connectivity index (χ0v) is 11.3. The summed E-state index contributed by atoms with van der Waals surface area (Å²) in [6, 6.07) is 7.89. The third-order valence-corrected chi connectivity index (χ3v) is 2.97. The highest BCUT2D eigenvalue weighted by Crippen LogP contribution is 2.17. The van der Waals surface area contributed by atoms with Crippen molar-refractivity contribution in [2.75, 3.05) is 20.2 Å². The molecule has 1 fully saturated rings. The maximum atomic E-state index is 11.8. The second-order valence-corrected chi connectivity index (χ2v) is 4.25. The summed E-state index contributed by atoms with van der Waals surface area (Å²) in [5.74, 6) is 0.829. The SMILES string of the molecule is COc1ccccc1CC(=O)NC1CCNC1.Cl. The summed E-state index contributed by atoms with van der Waals surface area (Å²) in [7, 11) is 1.62. The molecule has 0 saturated carbocycles. The largest absolute Gasteiger partial charge is 0.496 e. The molecule has 1 unspecified atom stereocenters. The Morgan fingerprint density at radius 3 is 2.94 bits per heavy atom. The Balaban J connectivity index is 0.00000162. The summed E-state index contributed by atoms with van der Waals surface area (Å²) >= 11 is 0. The van der Waals surface area contributed by atoms with E-state index in [1.807, 2.05) is 24.3 Å². The molecule has 0 radical (unpaired) electrons. The molecule has 1 aromatic rings. The fraction of sp³-hybridized carbons (Fsp3) is 0.462. The Morgan fingerprint density at radius 2 is 2.28 bits per heavy atom. The second-order valence-electron chi connectivity index (χ2n) is 4.25. The van der Waals surface area contributed by atoms with Gasteiger partial charge in [0.2, 0.25) is 5.91 Å². The van der Waals surface area contributed by atoms with Crippen LogP contribution in [-0.2, 0) is 11.2 Å². The predicted octanol–water partition coefficient (Wildman–Crippen LogP) is 1.14. The molecule has 100 valence electrons. The minimum absolute atomic E-state index is 0. The Hall–Kier alpha value is -1.26. The molecule has 2 rings (SSSR count). The lowest BCUT2D eigenvalue weighted by atomic mass is 10.1. The lowest BCUT2D eigenvalue weighted by molar-refractivity contribution is -0.121. The van der Waals surface area contributed by atoms with Gasteiger partial charge >= 0.3 is 0 Å². The highest BCUT2D eigenvalue weighted by molar-refractivity contribution is 5.85. The molecule has 4 nitrogen and oxygen atoms in total. The second kappa shape index (κ2) is 7.24. The average Bonchev–Trinajstić information content (AvgIpc) is 2.82. The van der Waals surface area contributed by atoms with Crippen LogP contribution in [0.15, 0.2) is 24.3 Å². The minimum Gasteiger partial charge on any atom is -0.496 e. The van der Waals surface area contributed by atoms with Crippen molar-refractivity contribution in [2.24, 2.45) is 0 Å². The molecule has 1 atom stereocenters. The van der Waals surface area contributed by atoms with Gasteiger partial charge in [0.1, 0.15) is 5.75 Å². The average molecular weight is 271 g/mol. The topological polar surface area (TPSA) is 50.4 Å². The van der Waals surface area contributed by atoms with Crippen LogP contribution in [0.3, 0.4) is 0 Å². The number of carbonyl (C=O) groups excluding carboxylic acids is 1. The van der Waals surface area contributed by atoms with Gasteiger partial charge in [0.05, 0.1) is 13.5 Å². The van der Waals surface area contributed by atoms with Gasteiger partial charge in [-0.1, -0.05) is 18.2 Å². The fourth-order valence-corrected chi connectivity index (χ4v) is 2.08. The normalized spacial score (nSPS) is 17.9. The monoisotopic (exact) mass is 270 g/mol. The van der Waals surface area contributed by atoms with Gasteiger partial charge in [-0.25, -0.2) is 0 Å². The molecule has 1 aromatic carbocycles. The van der Waals surface area contributed by atoms with Crippen LogP contribution >= 0.6 is 12.4 Å². The Morgan fingerprint density at radius 1 is 1.50 bits per heavy atom. The molecule has 0 bridgehead atoms. The van der Waals surface area contributed by atoms with Gasteiger partial charge in [-0.3, -0.25) is 4.79 Å². The van der Waals surface area contributed by atoms with Crippen LogP contribution in [0.1, 0.15) is 12.0 Å². The first kappa shape index (κ1) is 14.8. The number of benzene rings is 1. The van der Waals surface area contributed by atoms with E-state index in [2.05, 4.69) is 10.6 Å². The standard InChI is InChI=1S/C13H18N2O2.ClH/c1-17-12-5-3-2-4-10(12)8-13(16)15-11-6-7-14-9-11;/h2-5,11,14H,6-9H2,1H3,(H,15,16);1H. The maximum Gasteiger partial charge on any atom is 0.224 e. The zero-order chi connectivity index (χ0) is 12.1. The number of carbonyl (C=O) groups is 1. The summed E-state index contributed by atoms with van der Waals surface area (Å²) in [4.78, 5) is 11.8. The fourth-order valence-electron chi connectivity index (χ4n) is 2.08. The van der Waals surface area contributed by atoms with E-state index in [1.54, 1.807) is 7.11 Å². The first-order chi connectivity index (χ1) is 8.29. The molecule has 1 aliphatic heterocycles. The third kappa shape index (κ3) is 3.89. The third-order valence-electron chi connectivity index (χ3n) is 2.97. The molecule has 0 aromatic heterocycles. The summed E-state index contributed by atoms with van der Waals surface area (Å²) in [5.41, 5.74) is 0.929. The van der Waals surface area contributed by atoms with Crippen molar-refractivity contribution in [3.05, 3.63) is 29.8 Å². The Bertz CT molecular complexity index is 392. The first-order valence-electron chi connectivity index (χ1n) is 5.91. The van der Waals surface area contributed by atoms with E-state index in [1.165, 1.54) is 0 Å². The molecule has 0 aliphatic carbocycles. The van der Waals surface area contributed by atoms with Crippen LogP contribution in [0, 0.1) is 0 Å². The van der Waals surface area contributed by atoms with E-state index < -0.39 is 0 Å². The van der Waals surface area contributed by atoms with Crippen LogP contribution in [-0.4, -0.2) is 32.1 Å². The van der Waals surface area contributed by atoms with Gasteiger partial charge in [-0.2, -0.15) is 0 Å². The van der Waals surface area contributed by atoms with Crippen LogP contribution in [0.4, 0.5) is 0 Å². The molecular formula is C13H19ClN2O2. The van der Waals surface area contributed by atoms with E-state index in [9.17, 15) is 4.79 Å². The summed E-state index contributed by atoms with van der Waals surface area (Å²) in [6.07, 6.45) is 1.39. The van der Waals surface area contributed by atoms with Gasteiger partial charge in [-0.15, -0.1) is 12.4 Å². The number of hydrogen-bond acceptors (Lipinski definition) is 3. The van der Waals surface area contributed by atoms with Gasteiger partial charge < -0.3 is 15.4 Å². The van der Waals surface area contributed by atoms with E-state index >= 15 is 0 Å². The number of para-hydroxylation sites is 1. The van der Waals surface area contributed by atoms with Crippen LogP contribution in [0.2, 0.25) is 0 Å². The van der Waals surface area contributed by atoms with E-state index in [0.717, 1.165) is 30.8 Å². The number of amides is 1. The summed E-state index contributed by atoms with van der Waals surface area (Å²) < 4.78 is 5.22. The molecule has 1 heterocycles. The van der Waals surface area contributed by atoms with Crippen LogP contribution < -0.4 is 15.4 Å². The van der Waals surface area contributed by atoms with Crippen LogP contribution in [0.5, 0.6) is 5.75 Å². The first-order valence-corrected chi connectivity index (χ1v) is 5.91. The number of halogens is 1. The molecule has 0 spiro atoms. The molecular weight excluding hydrogens is 252 g/mol. The van der Waals surface area contributed by atoms with Gasteiger partial charge in [0, 0.05) is 18.2 Å².